The van der Waals surface area contributed by atoms with Gasteiger partial charge in [-0.2, -0.15) is 8.78 Å². The molecule has 5 heteroatoms. The molecular weight excluding hydrogens is 324 g/mol. The van der Waals surface area contributed by atoms with Crippen molar-refractivity contribution >= 4 is 5.97 Å². The number of alkyl halides is 2. The van der Waals surface area contributed by atoms with E-state index in [2.05, 4.69) is 9.72 Å². The zero-order valence-electron chi connectivity index (χ0n) is 14.8. The van der Waals surface area contributed by atoms with Gasteiger partial charge in [-0.3, -0.25) is 4.98 Å². The fourth-order valence-electron chi connectivity index (χ4n) is 2.96. The molecule has 0 N–H and O–H groups in total. The van der Waals surface area contributed by atoms with E-state index >= 15 is 0 Å². The first-order valence-electron chi connectivity index (χ1n) is 8.60. The molecule has 1 atom stereocenters. The van der Waals surface area contributed by atoms with E-state index < -0.39 is 17.8 Å². The minimum absolute atomic E-state index is 0.0437. The number of carbonyl (C=O) groups excluding carboxylic acids is 1. The SMILES string of the molecule is CC.CCOC(=O)C(F)(F)C1Cc2ccc(-c3ccccn3)cc2C1. The van der Waals surface area contributed by atoms with Gasteiger partial charge in [0.1, 0.15) is 0 Å². The Morgan fingerprint density at radius 3 is 2.56 bits per heavy atom. The maximum Gasteiger partial charge on any atom is 0.377 e. The Bertz CT molecular complexity index is 717. The van der Waals surface area contributed by atoms with Crippen LogP contribution in [0.1, 0.15) is 31.9 Å². The van der Waals surface area contributed by atoms with E-state index in [1.54, 1.807) is 6.20 Å². The molecule has 3 rings (SSSR count). The maximum absolute atomic E-state index is 14.2. The number of hydrogen-bond donors (Lipinski definition) is 0. The van der Waals surface area contributed by atoms with Gasteiger partial charge < -0.3 is 4.74 Å². The van der Waals surface area contributed by atoms with Crippen molar-refractivity contribution < 1.29 is 18.3 Å². The first kappa shape index (κ1) is 19.0. The Morgan fingerprint density at radius 2 is 1.92 bits per heavy atom. The number of benzene rings is 1. The summed E-state index contributed by atoms with van der Waals surface area (Å²) >= 11 is 0. The van der Waals surface area contributed by atoms with Crippen LogP contribution in [0.2, 0.25) is 0 Å². The summed E-state index contributed by atoms with van der Waals surface area (Å²) in [6.45, 7) is 5.48. The van der Waals surface area contributed by atoms with Gasteiger partial charge in [0.05, 0.1) is 12.3 Å². The van der Waals surface area contributed by atoms with E-state index in [-0.39, 0.29) is 19.4 Å². The average Bonchev–Trinajstić information content (AvgIpc) is 3.08. The van der Waals surface area contributed by atoms with Crippen molar-refractivity contribution in [1.29, 1.82) is 0 Å². The number of rotatable bonds is 4. The van der Waals surface area contributed by atoms with Crippen LogP contribution in [0.15, 0.2) is 42.6 Å². The molecule has 0 spiro atoms. The van der Waals surface area contributed by atoms with Gasteiger partial charge in [-0.15, -0.1) is 0 Å². The lowest BCUT2D eigenvalue weighted by molar-refractivity contribution is -0.179. The molecule has 1 aromatic heterocycles. The van der Waals surface area contributed by atoms with E-state index in [9.17, 15) is 13.6 Å². The molecule has 1 heterocycles. The van der Waals surface area contributed by atoms with E-state index in [1.165, 1.54) is 6.92 Å². The standard InChI is InChI=1S/C18H17F2NO2.C2H6/c1-2-23-17(22)18(19,20)15-10-12-6-7-13(9-14(12)11-15)16-5-3-4-8-21-16;1-2/h3-9,15H,2,10-11H2,1H3;1-2H3. The predicted molar refractivity (Wildman–Crippen MR) is 93.5 cm³/mol. The number of ether oxygens (including phenoxy) is 1. The van der Waals surface area contributed by atoms with Crippen LogP contribution in [0.4, 0.5) is 8.78 Å². The Morgan fingerprint density at radius 1 is 1.20 bits per heavy atom. The highest BCUT2D eigenvalue weighted by atomic mass is 19.3. The van der Waals surface area contributed by atoms with Crippen molar-refractivity contribution in [2.24, 2.45) is 5.92 Å². The number of pyridine rings is 1. The third-order valence-corrected chi connectivity index (χ3v) is 4.16. The number of esters is 1. The molecule has 1 aliphatic carbocycles. The molecular formula is C20H23F2NO2. The summed E-state index contributed by atoms with van der Waals surface area (Å²) in [5, 5.41) is 0. The average molecular weight is 347 g/mol. The van der Waals surface area contributed by atoms with Crippen molar-refractivity contribution in [3.05, 3.63) is 53.7 Å². The number of hydrogen-bond acceptors (Lipinski definition) is 3. The van der Waals surface area contributed by atoms with Gasteiger partial charge in [0, 0.05) is 17.7 Å². The van der Waals surface area contributed by atoms with Crippen molar-refractivity contribution in [2.45, 2.75) is 39.5 Å². The van der Waals surface area contributed by atoms with Gasteiger partial charge in [-0.05, 0) is 49.1 Å². The molecule has 25 heavy (non-hydrogen) atoms. The molecule has 0 saturated heterocycles. The van der Waals surface area contributed by atoms with Crippen LogP contribution in [0.25, 0.3) is 11.3 Å². The summed E-state index contributed by atoms with van der Waals surface area (Å²) in [5.74, 6) is -5.93. The first-order valence-corrected chi connectivity index (χ1v) is 8.60. The third-order valence-electron chi connectivity index (χ3n) is 4.16. The molecule has 1 aromatic carbocycles. The number of aromatic nitrogens is 1. The minimum Gasteiger partial charge on any atom is -0.462 e. The topological polar surface area (TPSA) is 39.2 Å². The minimum atomic E-state index is -3.46. The third kappa shape index (κ3) is 4.03. The largest absolute Gasteiger partial charge is 0.462 e. The Kier molecular flexibility index (Phi) is 6.23. The van der Waals surface area contributed by atoms with Crippen molar-refractivity contribution in [2.75, 3.05) is 6.61 Å². The van der Waals surface area contributed by atoms with E-state index in [4.69, 9.17) is 0 Å². The highest BCUT2D eigenvalue weighted by molar-refractivity contribution is 5.78. The summed E-state index contributed by atoms with van der Waals surface area (Å²) in [5.41, 5.74) is 3.40. The molecule has 2 aromatic rings. The molecule has 0 amide bonds. The lowest BCUT2D eigenvalue weighted by Gasteiger charge is -2.20. The summed E-state index contributed by atoms with van der Waals surface area (Å²) in [4.78, 5) is 15.8. The Balaban J connectivity index is 0.00000109. The van der Waals surface area contributed by atoms with Crippen LogP contribution in [0, 0.1) is 5.92 Å². The van der Waals surface area contributed by atoms with Crippen LogP contribution in [0.3, 0.4) is 0 Å². The number of carbonyl (C=O) groups is 1. The quantitative estimate of drug-likeness (QED) is 0.753. The van der Waals surface area contributed by atoms with Crippen LogP contribution < -0.4 is 0 Å². The van der Waals surface area contributed by atoms with Crippen LogP contribution in [-0.2, 0) is 22.4 Å². The molecule has 0 radical (unpaired) electrons. The molecule has 1 aliphatic rings. The summed E-state index contributed by atoms with van der Waals surface area (Å²) in [6.07, 6.45) is 2.05. The Labute approximate surface area is 147 Å². The number of nitrogens with zero attached hydrogens (tertiary/aromatic N) is 1. The van der Waals surface area contributed by atoms with Crippen LogP contribution in [0.5, 0.6) is 0 Å². The highest BCUT2D eigenvalue weighted by Gasteiger charge is 2.50. The lowest BCUT2D eigenvalue weighted by Crippen LogP contribution is -2.39. The predicted octanol–water partition coefficient (Wildman–Crippen LogP) is 4.69. The summed E-state index contributed by atoms with van der Waals surface area (Å²) in [6, 6.07) is 11.2. The van der Waals surface area contributed by atoms with Gasteiger partial charge >= 0.3 is 11.9 Å². The molecule has 0 saturated carbocycles. The normalized spacial score (nSPS) is 15.8. The van der Waals surface area contributed by atoms with Crippen molar-refractivity contribution in [3.63, 3.8) is 0 Å². The van der Waals surface area contributed by atoms with E-state index in [0.29, 0.717) is 0 Å². The maximum atomic E-state index is 14.2. The fourth-order valence-corrected chi connectivity index (χ4v) is 2.96. The van der Waals surface area contributed by atoms with Gasteiger partial charge in [0.15, 0.2) is 0 Å². The first-order chi connectivity index (χ1) is 12.0. The van der Waals surface area contributed by atoms with E-state index in [0.717, 1.165) is 22.4 Å². The molecule has 0 aliphatic heterocycles. The zero-order valence-corrected chi connectivity index (χ0v) is 14.8. The Hall–Kier alpha value is -2.30. The van der Waals surface area contributed by atoms with Crippen molar-refractivity contribution in [3.8, 4) is 11.3 Å². The second-order valence-corrected chi connectivity index (χ2v) is 5.65. The molecule has 134 valence electrons. The molecule has 0 bridgehead atoms. The van der Waals surface area contributed by atoms with Gasteiger partial charge in [0.2, 0.25) is 0 Å². The van der Waals surface area contributed by atoms with E-state index in [1.807, 2.05) is 50.2 Å². The second-order valence-electron chi connectivity index (χ2n) is 5.65. The molecule has 0 fully saturated rings. The fraction of sp³-hybridized carbons (Fsp3) is 0.400. The summed E-state index contributed by atoms with van der Waals surface area (Å²) < 4.78 is 32.9. The number of fused-ring (bicyclic) bond motifs is 1. The van der Waals surface area contributed by atoms with Gasteiger partial charge in [-0.1, -0.05) is 32.0 Å². The van der Waals surface area contributed by atoms with Gasteiger partial charge in [0.25, 0.3) is 0 Å². The second kappa shape index (κ2) is 8.19. The molecule has 3 nitrogen and oxygen atoms in total. The molecule has 1 unspecified atom stereocenters. The van der Waals surface area contributed by atoms with Crippen LogP contribution in [-0.4, -0.2) is 23.5 Å². The number of halogens is 2. The highest BCUT2D eigenvalue weighted by Crippen LogP contribution is 2.39. The summed E-state index contributed by atoms with van der Waals surface area (Å²) in [7, 11) is 0. The smallest absolute Gasteiger partial charge is 0.377 e. The van der Waals surface area contributed by atoms with Gasteiger partial charge in [-0.25, -0.2) is 4.79 Å². The van der Waals surface area contributed by atoms with Crippen LogP contribution >= 0.6 is 0 Å². The zero-order chi connectivity index (χ0) is 18.4. The lowest BCUT2D eigenvalue weighted by atomic mass is 9.98. The monoisotopic (exact) mass is 347 g/mol. The van der Waals surface area contributed by atoms with Crippen molar-refractivity contribution in [1.82, 2.24) is 4.98 Å².